The van der Waals surface area contributed by atoms with Gasteiger partial charge in [0.25, 0.3) is 0 Å². The maximum Gasteiger partial charge on any atom is 0.141 e. The molecule has 1 aromatic carbocycles. The van der Waals surface area contributed by atoms with Crippen LogP contribution in [0.5, 0.6) is 0 Å². The van der Waals surface area contributed by atoms with Crippen molar-refractivity contribution in [3.05, 3.63) is 34.6 Å². The van der Waals surface area contributed by atoms with Crippen LogP contribution in [-0.2, 0) is 4.74 Å². The lowest BCUT2D eigenvalue weighted by atomic mass is 10.0. The Morgan fingerprint density at radius 1 is 1.50 bits per heavy atom. The van der Waals surface area contributed by atoms with Crippen LogP contribution in [-0.4, -0.2) is 38.3 Å². The van der Waals surface area contributed by atoms with Gasteiger partial charge < -0.3 is 10.5 Å². The largest absolute Gasteiger partial charge is 0.383 e. The van der Waals surface area contributed by atoms with E-state index in [9.17, 15) is 4.39 Å². The molecular formula is C13H20ClFN2O. The van der Waals surface area contributed by atoms with Crippen LogP contribution in [0, 0.1) is 5.82 Å². The summed E-state index contributed by atoms with van der Waals surface area (Å²) in [6.07, 6.45) is 0. The van der Waals surface area contributed by atoms with E-state index < -0.39 is 5.82 Å². The number of likely N-dealkylation sites (N-methyl/N-ethyl adjacent to an activating group) is 1. The molecule has 0 spiro atoms. The van der Waals surface area contributed by atoms with Gasteiger partial charge in [-0.2, -0.15) is 0 Å². The number of benzene rings is 1. The van der Waals surface area contributed by atoms with Crippen molar-refractivity contribution in [3.8, 4) is 0 Å². The summed E-state index contributed by atoms with van der Waals surface area (Å²) in [5.41, 5.74) is 6.72. The summed E-state index contributed by atoms with van der Waals surface area (Å²) in [6, 6.07) is 4.93. The van der Waals surface area contributed by atoms with E-state index >= 15 is 0 Å². The predicted molar refractivity (Wildman–Crippen MR) is 72.3 cm³/mol. The molecule has 2 unspecified atom stereocenters. The Hall–Kier alpha value is -0.680. The van der Waals surface area contributed by atoms with Gasteiger partial charge in [-0.15, -0.1) is 0 Å². The molecule has 5 heteroatoms. The molecular weight excluding hydrogens is 255 g/mol. The summed E-state index contributed by atoms with van der Waals surface area (Å²) >= 11 is 5.80. The van der Waals surface area contributed by atoms with Crippen LogP contribution in [0.4, 0.5) is 4.39 Å². The van der Waals surface area contributed by atoms with Crippen molar-refractivity contribution >= 4 is 11.6 Å². The predicted octanol–water partition coefficient (Wildman–Crippen LogP) is 2.45. The van der Waals surface area contributed by atoms with E-state index in [2.05, 4.69) is 11.8 Å². The number of rotatable bonds is 6. The van der Waals surface area contributed by atoms with E-state index in [1.54, 1.807) is 19.2 Å². The smallest absolute Gasteiger partial charge is 0.141 e. The third kappa shape index (κ3) is 3.65. The third-order valence-corrected chi connectivity index (χ3v) is 3.44. The Labute approximate surface area is 113 Å². The molecule has 2 atom stereocenters. The molecule has 102 valence electrons. The zero-order valence-electron chi connectivity index (χ0n) is 11.0. The van der Waals surface area contributed by atoms with Crippen molar-refractivity contribution in [1.29, 1.82) is 0 Å². The quantitative estimate of drug-likeness (QED) is 0.866. The summed E-state index contributed by atoms with van der Waals surface area (Å²) in [4.78, 5) is 2.10. The van der Waals surface area contributed by atoms with E-state index in [1.165, 1.54) is 6.07 Å². The molecule has 1 aromatic rings. The second-order valence-corrected chi connectivity index (χ2v) is 4.80. The van der Waals surface area contributed by atoms with Gasteiger partial charge in [-0.25, -0.2) is 4.39 Å². The zero-order chi connectivity index (χ0) is 13.7. The molecule has 0 bridgehead atoms. The Morgan fingerprint density at radius 3 is 2.67 bits per heavy atom. The minimum absolute atomic E-state index is 0.00625. The van der Waals surface area contributed by atoms with E-state index in [4.69, 9.17) is 22.1 Å². The molecule has 0 aliphatic carbocycles. The zero-order valence-corrected chi connectivity index (χ0v) is 11.7. The second-order valence-electron chi connectivity index (χ2n) is 4.39. The number of hydrogen-bond acceptors (Lipinski definition) is 3. The SMILES string of the molecule is COCC(C)N(C)C(CN)c1ccc(F)c(Cl)c1. The molecule has 18 heavy (non-hydrogen) atoms. The first-order valence-electron chi connectivity index (χ1n) is 5.87. The first-order chi connectivity index (χ1) is 8.51. The Bertz CT molecular complexity index is 389. The Morgan fingerprint density at radius 2 is 2.17 bits per heavy atom. The molecule has 0 saturated carbocycles. The van der Waals surface area contributed by atoms with Crippen molar-refractivity contribution in [1.82, 2.24) is 4.90 Å². The Balaban J connectivity index is 2.91. The van der Waals surface area contributed by atoms with Gasteiger partial charge in [0.1, 0.15) is 5.82 Å². The second kappa shape index (κ2) is 7.04. The van der Waals surface area contributed by atoms with Crippen molar-refractivity contribution in [3.63, 3.8) is 0 Å². The van der Waals surface area contributed by atoms with Crippen LogP contribution < -0.4 is 5.73 Å². The molecule has 0 amide bonds. The van der Waals surface area contributed by atoms with Crippen LogP contribution >= 0.6 is 11.6 Å². The fourth-order valence-electron chi connectivity index (χ4n) is 1.92. The highest BCUT2D eigenvalue weighted by Crippen LogP contribution is 2.25. The van der Waals surface area contributed by atoms with E-state index in [0.717, 1.165) is 5.56 Å². The normalized spacial score (nSPS) is 14.8. The van der Waals surface area contributed by atoms with Gasteiger partial charge in [-0.3, -0.25) is 4.90 Å². The minimum atomic E-state index is -0.413. The first-order valence-corrected chi connectivity index (χ1v) is 6.25. The van der Waals surface area contributed by atoms with Crippen LogP contribution in [0.1, 0.15) is 18.5 Å². The van der Waals surface area contributed by atoms with Crippen molar-refractivity contribution in [2.75, 3.05) is 27.3 Å². The van der Waals surface area contributed by atoms with Gasteiger partial charge in [-0.05, 0) is 31.7 Å². The van der Waals surface area contributed by atoms with Gasteiger partial charge in [0.05, 0.1) is 11.6 Å². The number of nitrogens with zero attached hydrogens (tertiary/aromatic N) is 1. The van der Waals surface area contributed by atoms with E-state index in [1.807, 2.05) is 7.05 Å². The standard InChI is InChI=1S/C13H20ClFN2O/c1-9(8-18-3)17(2)13(7-16)10-4-5-12(15)11(14)6-10/h4-6,9,13H,7-8,16H2,1-3H3. The third-order valence-electron chi connectivity index (χ3n) is 3.15. The number of methoxy groups -OCH3 is 1. The lowest BCUT2D eigenvalue weighted by Crippen LogP contribution is -2.39. The Kier molecular flexibility index (Phi) is 6.02. The minimum Gasteiger partial charge on any atom is -0.383 e. The van der Waals surface area contributed by atoms with Gasteiger partial charge >= 0.3 is 0 Å². The number of ether oxygens (including phenoxy) is 1. The van der Waals surface area contributed by atoms with Crippen LogP contribution in [0.25, 0.3) is 0 Å². The molecule has 3 nitrogen and oxygen atoms in total. The topological polar surface area (TPSA) is 38.5 Å². The number of halogens is 2. The van der Waals surface area contributed by atoms with Gasteiger partial charge in [-0.1, -0.05) is 17.7 Å². The van der Waals surface area contributed by atoms with Crippen molar-refractivity contribution < 1.29 is 9.13 Å². The molecule has 0 saturated heterocycles. The molecule has 2 N–H and O–H groups in total. The fourth-order valence-corrected chi connectivity index (χ4v) is 2.11. The molecule has 0 aliphatic heterocycles. The lowest BCUT2D eigenvalue weighted by Gasteiger charge is -2.32. The molecule has 0 aromatic heterocycles. The lowest BCUT2D eigenvalue weighted by molar-refractivity contribution is 0.0910. The van der Waals surface area contributed by atoms with Crippen LogP contribution in [0.15, 0.2) is 18.2 Å². The van der Waals surface area contributed by atoms with Gasteiger partial charge in [0.2, 0.25) is 0 Å². The molecule has 0 fully saturated rings. The van der Waals surface area contributed by atoms with Gasteiger partial charge in [0.15, 0.2) is 0 Å². The van der Waals surface area contributed by atoms with E-state index in [0.29, 0.717) is 13.2 Å². The van der Waals surface area contributed by atoms with Crippen molar-refractivity contribution in [2.45, 2.75) is 19.0 Å². The summed E-state index contributed by atoms with van der Waals surface area (Å²) in [6.45, 7) is 3.10. The molecule has 1 rings (SSSR count). The average molecular weight is 275 g/mol. The highest BCUT2D eigenvalue weighted by Gasteiger charge is 2.21. The van der Waals surface area contributed by atoms with Crippen LogP contribution in [0.2, 0.25) is 5.02 Å². The van der Waals surface area contributed by atoms with Crippen LogP contribution in [0.3, 0.4) is 0 Å². The monoisotopic (exact) mass is 274 g/mol. The van der Waals surface area contributed by atoms with Gasteiger partial charge in [0, 0.05) is 25.7 Å². The molecule has 0 radical (unpaired) electrons. The summed E-state index contributed by atoms with van der Waals surface area (Å²) in [5, 5.41) is 0.124. The maximum atomic E-state index is 13.1. The number of hydrogen-bond donors (Lipinski definition) is 1. The molecule has 0 aliphatic rings. The highest BCUT2D eigenvalue weighted by molar-refractivity contribution is 6.30. The average Bonchev–Trinajstić information content (AvgIpc) is 2.34. The fraction of sp³-hybridized carbons (Fsp3) is 0.538. The molecule has 0 heterocycles. The highest BCUT2D eigenvalue weighted by atomic mass is 35.5. The van der Waals surface area contributed by atoms with E-state index in [-0.39, 0.29) is 17.1 Å². The summed E-state index contributed by atoms with van der Waals surface area (Å²) < 4.78 is 18.3. The maximum absolute atomic E-state index is 13.1. The first kappa shape index (κ1) is 15.4. The van der Waals surface area contributed by atoms with Crippen molar-refractivity contribution in [2.24, 2.45) is 5.73 Å². The number of nitrogens with two attached hydrogens (primary N) is 1. The summed E-state index contributed by atoms with van der Waals surface area (Å²) in [7, 11) is 3.63. The summed E-state index contributed by atoms with van der Waals surface area (Å²) in [5.74, 6) is -0.413.